The number of hydrogen-bond acceptors (Lipinski definition) is 0. The van der Waals surface area contributed by atoms with Gasteiger partial charge in [0.05, 0.1) is 0 Å². The fourth-order valence-corrected chi connectivity index (χ4v) is 2.27. The van der Waals surface area contributed by atoms with E-state index in [1.54, 1.807) is 6.07 Å². The van der Waals surface area contributed by atoms with Crippen LogP contribution in [0.3, 0.4) is 0 Å². The molecule has 1 heteroatoms. The monoisotopic (exact) mass is 232 g/mol. The molecule has 0 aliphatic rings. The third-order valence-electron chi connectivity index (χ3n) is 2.86. The summed E-state index contributed by atoms with van der Waals surface area (Å²) in [7, 11) is 0. The van der Waals surface area contributed by atoms with Crippen molar-refractivity contribution in [3.63, 3.8) is 0 Å². The van der Waals surface area contributed by atoms with Crippen molar-refractivity contribution in [1.29, 1.82) is 0 Å². The van der Waals surface area contributed by atoms with E-state index in [4.69, 9.17) is 0 Å². The van der Waals surface area contributed by atoms with Crippen molar-refractivity contribution in [3.05, 3.63) is 46.8 Å². The Morgan fingerprint density at radius 1 is 1.06 bits per heavy atom. The lowest BCUT2D eigenvalue weighted by Gasteiger charge is -2.10. The summed E-state index contributed by atoms with van der Waals surface area (Å²) in [6.07, 6.45) is 0.743. The minimum atomic E-state index is -0.0862. The highest BCUT2D eigenvalue weighted by atomic mass is 19.1. The van der Waals surface area contributed by atoms with E-state index >= 15 is 0 Å². The number of benzene rings is 2. The molecular weight excluding hydrogens is 211 g/mol. The van der Waals surface area contributed by atoms with Gasteiger partial charge >= 0.3 is 0 Å². The second kappa shape index (κ2) is 5.81. The summed E-state index contributed by atoms with van der Waals surface area (Å²) in [4.78, 5) is 0. The average Bonchev–Trinajstić information content (AvgIpc) is 2.32. The van der Waals surface area contributed by atoms with Crippen LogP contribution in [0.15, 0.2) is 24.3 Å². The summed E-state index contributed by atoms with van der Waals surface area (Å²) in [5, 5.41) is 2.23. The van der Waals surface area contributed by atoms with E-state index < -0.39 is 0 Å². The van der Waals surface area contributed by atoms with Gasteiger partial charge in [0.2, 0.25) is 0 Å². The Bertz CT molecular complexity index is 512. The second-order valence-corrected chi connectivity index (χ2v) is 4.06. The van der Waals surface area contributed by atoms with Crippen LogP contribution in [0.4, 0.5) is 4.39 Å². The first kappa shape index (κ1) is 13.7. The lowest BCUT2D eigenvalue weighted by Crippen LogP contribution is -1.93. The molecule has 0 spiro atoms. The van der Waals surface area contributed by atoms with Gasteiger partial charge in [0.15, 0.2) is 0 Å². The van der Waals surface area contributed by atoms with Gasteiger partial charge in [-0.05, 0) is 48.2 Å². The van der Waals surface area contributed by atoms with Crippen LogP contribution in [0, 0.1) is 19.7 Å². The predicted octanol–water partition coefficient (Wildman–Crippen LogP) is 5.18. The van der Waals surface area contributed by atoms with E-state index in [1.807, 2.05) is 33.8 Å². The van der Waals surface area contributed by atoms with E-state index in [-0.39, 0.29) is 5.82 Å². The topological polar surface area (TPSA) is 0 Å². The lowest BCUT2D eigenvalue weighted by atomic mass is 9.96. The highest BCUT2D eigenvalue weighted by Gasteiger charge is 2.08. The summed E-state index contributed by atoms with van der Waals surface area (Å²) < 4.78 is 13.6. The third-order valence-corrected chi connectivity index (χ3v) is 2.86. The lowest BCUT2D eigenvalue weighted by molar-refractivity contribution is 0.615. The van der Waals surface area contributed by atoms with Gasteiger partial charge in [0, 0.05) is 0 Å². The van der Waals surface area contributed by atoms with Crippen molar-refractivity contribution in [2.75, 3.05) is 0 Å². The standard InChI is InChI=1S/C14H15F.C2H6/c1-4-12-13(15)6-5-11-8-9(2)7-10(3)14(11)12;1-2/h5-8H,4H2,1-3H3;1-2H3. The van der Waals surface area contributed by atoms with E-state index in [1.165, 1.54) is 11.1 Å². The van der Waals surface area contributed by atoms with Gasteiger partial charge in [-0.3, -0.25) is 0 Å². The molecule has 17 heavy (non-hydrogen) atoms. The van der Waals surface area contributed by atoms with Gasteiger partial charge in [0.25, 0.3) is 0 Å². The molecule has 2 aromatic rings. The summed E-state index contributed by atoms with van der Waals surface area (Å²) in [5.41, 5.74) is 3.24. The van der Waals surface area contributed by atoms with Gasteiger partial charge in [-0.2, -0.15) is 0 Å². The van der Waals surface area contributed by atoms with E-state index in [9.17, 15) is 4.39 Å². The minimum Gasteiger partial charge on any atom is -0.207 e. The Labute approximate surface area is 103 Å². The van der Waals surface area contributed by atoms with Crippen LogP contribution < -0.4 is 0 Å². The Kier molecular flexibility index (Phi) is 4.68. The summed E-state index contributed by atoms with van der Waals surface area (Å²) in [6, 6.07) is 7.66. The fourth-order valence-electron chi connectivity index (χ4n) is 2.27. The van der Waals surface area contributed by atoms with E-state index in [2.05, 4.69) is 19.1 Å². The van der Waals surface area contributed by atoms with Crippen molar-refractivity contribution < 1.29 is 4.39 Å². The predicted molar refractivity (Wildman–Crippen MR) is 74.1 cm³/mol. The van der Waals surface area contributed by atoms with Crippen molar-refractivity contribution >= 4 is 10.8 Å². The molecule has 0 fully saturated rings. The maximum absolute atomic E-state index is 13.6. The van der Waals surface area contributed by atoms with Crippen LogP contribution in [-0.2, 0) is 6.42 Å². The Morgan fingerprint density at radius 2 is 1.71 bits per heavy atom. The normalized spacial score (nSPS) is 10.0. The number of fused-ring (bicyclic) bond motifs is 1. The molecular formula is C16H21F. The van der Waals surface area contributed by atoms with Gasteiger partial charge in [-0.1, -0.05) is 44.5 Å². The SMILES string of the molecule is CC.CCc1c(F)ccc2cc(C)cc(C)c12. The number of halogens is 1. The molecule has 0 aliphatic carbocycles. The quantitative estimate of drug-likeness (QED) is 0.635. The van der Waals surface area contributed by atoms with Gasteiger partial charge in [-0.15, -0.1) is 0 Å². The zero-order chi connectivity index (χ0) is 13.0. The van der Waals surface area contributed by atoms with Gasteiger partial charge in [-0.25, -0.2) is 4.39 Å². The molecule has 0 saturated carbocycles. The molecule has 0 N–H and O–H groups in total. The van der Waals surface area contributed by atoms with Crippen LogP contribution in [-0.4, -0.2) is 0 Å². The van der Waals surface area contributed by atoms with Gasteiger partial charge in [0.1, 0.15) is 5.82 Å². The van der Waals surface area contributed by atoms with Crippen LogP contribution in [0.2, 0.25) is 0 Å². The highest BCUT2D eigenvalue weighted by molar-refractivity contribution is 5.89. The molecule has 0 unspecified atom stereocenters. The molecule has 2 aromatic carbocycles. The van der Waals surface area contributed by atoms with Gasteiger partial charge < -0.3 is 0 Å². The van der Waals surface area contributed by atoms with Crippen LogP contribution >= 0.6 is 0 Å². The van der Waals surface area contributed by atoms with Crippen molar-refractivity contribution in [3.8, 4) is 0 Å². The number of aryl methyl sites for hydroxylation is 3. The molecule has 0 amide bonds. The molecule has 92 valence electrons. The van der Waals surface area contributed by atoms with E-state index in [0.29, 0.717) is 0 Å². The smallest absolute Gasteiger partial charge is 0.127 e. The summed E-state index contributed by atoms with van der Waals surface area (Å²) in [6.45, 7) is 10.1. The maximum atomic E-state index is 13.6. The molecule has 0 bridgehead atoms. The number of hydrogen-bond donors (Lipinski definition) is 0. The fraction of sp³-hybridized carbons (Fsp3) is 0.375. The van der Waals surface area contributed by atoms with Crippen LogP contribution in [0.5, 0.6) is 0 Å². The minimum absolute atomic E-state index is 0.0862. The molecule has 0 aliphatic heterocycles. The molecule has 0 heterocycles. The second-order valence-electron chi connectivity index (χ2n) is 4.06. The summed E-state index contributed by atoms with van der Waals surface area (Å²) >= 11 is 0. The zero-order valence-corrected chi connectivity index (χ0v) is 11.4. The van der Waals surface area contributed by atoms with Crippen molar-refractivity contribution in [2.45, 2.75) is 41.0 Å². The Hall–Kier alpha value is -1.37. The van der Waals surface area contributed by atoms with Crippen molar-refractivity contribution in [2.24, 2.45) is 0 Å². The third kappa shape index (κ3) is 2.66. The van der Waals surface area contributed by atoms with E-state index in [0.717, 1.165) is 22.8 Å². The molecule has 0 nitrogen and oxygen atoms in total. The summed E-state index contributed by atoms with van der Waals surface area (Å²) in [5.74, 6) is -0.0862. The molecule has 0 saturated heterocycles. The Morgan fingerprint density at radius 3 is 2.29 bits per heavy atom. The zero-order valence-electron chi connectivity index (χ0n) is 11.4. The first-order valence-electron chi connectivity index (χ1n) is 6.32. The Balaban J connectivity index is 0.000000686. The molecule has 2 rings (SSSR count). The maximum Gasteiger partial charge on any atom is 0.127 e. The average molecular weight is 232 g/mol. The molecule has 0 radical (unpaired) electrons. The van der Waals surface area contributed by atoms with Crippen LogP contribution in [0.1, 0.15) is 37.5 Å². The first-order valence-corrected chi connectivity index (χ1v) is 6.32. The largest absolute Gasteiger partial charge is 0.207 e. The first-order chi connectivity index (χ1) is 8.13. The highest BCUT2D eigenvalue weighted by Crippen LogP contribution is 2.26. The molecule has 0 atom stereocenters. The molecule has 0 aromatic heterocycles. The number of rotatable bonds is 1. The van der Waals surface area contributed by atoms with Crippen LogP contribution in [0.25, 0.3) is 10.8 Å². The van der Waals surface area contributed by atoms with Crippen molar-refractivity contribution in [1.82, 2.24) is 0 Å².